The van der Waals surface area contributed by atoms with Crippen molar-refractivity contribution in [3.05, 3.63) is 39.9 Å². The minimum atomic E-state index is -0.829. The van der Waals surface area contributed by atoms with Crippen molar-refractivity contribution in [3.8, 4) is 0 Å². The fourth-order valence-corrected chi connectivity index (χ4v) is 0.928. The van der Waals surface area contributed by atoms with E-state index in [0.717, 1.165) is 6.21 Å². The minimum Gasteiger partial charge on any atom is -0.350 e. The number of rotatable bonds is 3. The predicted molar refractivity (Wildman–Crippen MR) is 53.4 cm³/mol. The van der Waals surface area contributed by atoms with Crippen LogP contribution in [0, 0.1) is 10.1 Å². The standard InChI is InChI=1S/C8H8N4O3/c9-8(13)11-10-5-6-3-1-2-4-7(6)12(14)15/h1-5H,(H3,9,11,13)/i8+1,10+1,11+1. The SMILES string of the molecule is N[13C](=O)[15NH][15N]=Cc1ccccc1[N+](=O)[O-]. The predicted octanol–water partition coefficient (Wildman–Crippen LogP) is 0.597. The first-order valence-electron chi connectivity index (χ1n) is 3.93. The molecule has 0 aliphatic heterocycles. The average Bonchev–Trinajstić information content (AvgIpc) is 2.17. The van der Waals surface area contributed by atoms with Crippen LogP contribution in [0.25, 0.3) is 0 Å². The molecule has 0 fully saturated rings. The van der Waals surface area contributed by atoms with Crippen LogP contribution in [0.5, 0.6) is 0 Å². The van der Waals surface area contributed by atoms with Gasteiger partial charge in [-0.25, -0.2) is 10.2 Å². The highest BCUT2D eigenvalue weighted by Crippen LogP contribution is 2.14. The maximum absolute atomic E-state index is 10.6. The summed E-state index contributed by atoms with van der Waals surface area (Å²) >= 11 is 0. The summed E-state index contributed by atoms with van der Waals surface area (Å²) in [5, 5.41) is 14.0. The van der Waals surface area contributed by atoms with E-state index in [-0.39, 0.29) is 11.3 Å². The van der Waals surface area contributed by atoms with Gasteiger partial charge in [0.1, 0.15) is 0 Å². The van der Waals surface area contributed by atoms with Crippen molar-refractivity contribution in [1.29, 1.82) is 0 Å². The zero-order valence-electron chi connectivity index (χ0n) is 7.58. The molecule has 0 atom stereocenters. The van der Waals surface area contributed by atoms with Gasteiger partial charge in [0.05, 0.1) is 16.7 Å². The van der Waals surface area contributed by atoms with E-state index in [9.17, 15) is 14.9 Å². The van der Waals surface area contributed by atoms with Gasteiger partial charge in [0, 0.05) is 6.07 Å². The van der Waals surface area contributed by atoms with Gasteiger partial charge in [-0.05, 0) is 6.07 Å². The van der Waals surface area contributed by atoms with Crippen LogP contribution in [0.4, 0.5) is 10.5 Å². The first-order valence-corrected chi connectivity index (χ1v) is 3.93. The van der Waals surface area contributed by atoms with Crippen molar-refractivity contribution < 1.29 is 9.72 Å². The van der Waals surface area contributed by atoms with Gasteiger partial charge in [-0.3, -0.25) is 10.1 Å². The molecule has 2 amide bonds. The Morgan fingerprint density at radius 3 is 2.80 bits per heavy atom. The first kappa shape index (κ1) is 10.6. The van der Waals surface area contributed by atoms with E-state index in [1.807, 2.05) is 5.43 Å². The van der Waals surface area contributed by atoms with E-state index in [2.05, 4.69) is 5.10 Å². The van der Waals surface area contributed by atoms with E-state index >= 15 is 0 Å². The molecule has 0 aromatic heterocycles. The van der Waals surface area contributed by atoms with Crippen LogP contribution in [0.2, 0.25) is 0 Å². The van der Waals surface area contributed by atoms with Gasteiger partial charge in [0.15, 0.2) is 0 Å². The second-order valence-electron chi connectivity index (χ2n) is 2.55. The van der Waals surface area contributed by atoms with E-state index in [0.29, 0.717) is 0 Å². The van der Waals surface area contributed by atoms with E-state index in [1.165, 1.54) is 18.2 Å². The van der Waals surface area contributed by atoms with Crippen LogP contribution in [-0.2, 0) is 0 Å². The van der Waals surface area contributed by atoms with Gasteiger partial charge < -0.3 is 5.73 Å². The molecule has 0 aliphatic carbocycles. The van der Waals surface area contributed by atoms with E-state index in [4.69, 9.17) is 5.73 Å². The molecule has 1 rings (SSSR count). The van der Waals surface area contributed by atoms with Crippen LogP contribution in [0.15, 0.2) is 29.4 Å². The number of carbonyl (C=O) groups is 1. The third kappa shape index (κ3) is 3.07. The van der Waals surface area contributed by atoms with Crippen LogP contribution >= 0.6 is 0 Å². The lowest BCUT2D eigenvalue weighted by Gasteiger charge is -1.95. The van der Waals surface area contributed by atoms with Gasteiger partial charge >= 0.3 is 6.03 Å². The normalized spacial score (nSPS) is 10.1. The number of benzene rings is 1. The number of urea groups is 1. The molecular formula is C8H8N4O3. The molecule has 0 unspecified atom stereocenters. The Balaban J connectivity index is 2.89. The van der Waals surface area contributed by atoms with Crippen molar-refractivity contribution in [2.24, 2.45) is 10.8 Å². The Hall–Kier alpha value is -2.44. The quantitative estimate of drug-likeness (QED) is 0.251. The van der Waals surface area contributed by atoms with Gasteiger partial charge in [0.2, 0.25) is 0 Å². The second-order valence-corrected chi connectivity index (χ2v) is 2.55. The van der Waals surface area contributed by atoms with Crippen LogP contribution in [0.1, 0.15) is 5.56 Å². The van der Waals surface area contributed by atoms with Gasteiger partial charge in [-0.1, -0.05) is 12.1 Å². The zero-order chi connectivity index (χ0) is 11.3. The monoisotopic (exact) mass is 211 g/mol. The molecule has 7 nitrogen and oxygen atoms in total. The molecule has 0 radical (unpaired) electrons. The fourth-order valence-electron chi connectivity index (χ4n) is 0.928. The smallest absolute Gasteiger partial charge is 0.332 e. The molecule has 7 heteroatoms. The molecule has 0 aliphatic rings. The second kappa shape index (κ2) is 4.70. The lowest BCUT2D eigenvalue weighted by atomic mass is 10.2. The molecule has 0 spiro atoms. The van der Waals surface area contributed by atoms with Gasteiger partial charge in [0.25, 0.3) is 5.69 Å². The van der Waals surface area contributed by atoms with E-state index in [1.54, 1.807) is 6.07 Å². The topological polar surface area (TPSA) is 111 Å². The Bertz CT molecular complexity index is 416. The highest BCUT2D eigenvalue weighted by Gasteiger charge is 2.09. The minimum absolute atomic E-state index is 0.0903. The lowest BCUT2D eigenvalue weighted by Crippen LogP contribution is -2.24. The fraction of sp³-hybridized carbons (Fsp3) is 0. The number of nitrogens with one attached hydrogen (secondary N) is 1. The Morgan fingerprint density at radius 1 is 1.53 bits per heavy atom. The molecule has 3 N–H and O–H groups in total. The lowest BCUT2D eigenvalue weighted by molar-refractivity contribution is -0.385. The number of nitrogens with two attached hydrogens (primary N) is 1. The molecule has 15 heavy (non-hydrogen) atoms. The Morgan fingerprint density at radius 2 is 2.20 bits per heavy atom. The molecule has 0 heterocycles. The summed E-state index contributed by atoms with van der Waals surface area (Å²) in [7, 11) is 0. The summed E-state index contributed by atoms with van der Waals surface area (Å²) in [4.78, 5) is 20.3. The average molecular weight is 211 g/mol. The number of hydrogen-bond donors (Lipinski definition) is 2. The molecule has 0 saturated heterocycles. The number of para-hydroxylation sites is 1. The molecular weight excluding hydrogens is 203 g/mol. The summed E-state index contributed by atoms with van der Waals surface area (Å²) in [6.07, 6.45) is 1.16. The first-order chi connectivity index (χ1) is 7.11. The zero-order valence-corrected chi connectivity index (χ0v) is 7.58. The van der Waals surface area contributed by atoms with Gasteiger partial charge in [-0.2, -0.15) is 5.10 Å². The largest absolute Gasteiger partial charge is 0.350 e. The van der Waals surface area contributed by atoms with Crippen molar-refractivity contribution in [1.82, 2.24) is 5.43 Å². The number of amides is 2. The molecule has 78 valence electrons. The maximum atomic E-state index is 10.6. The van der Waals surface area contributed by atoms with Crippen molar-refractivity contribution in [2.75, 3.05) is 0 Å². The molecule has 0 saturated carbocycles. The number of carbonyl (C=O) groups excluding carboxylic acids is 1. The molecule has 1 aromatic rings. The van der Waals surface area contributed by atoms with Crippen molar-refractivity contribution in [2.45, 2.75) is 0 Å². The highest BCUT2D eigenvalue weighted by molar-refractivity contribution is 5.86. The van der Waals surface area contributed by atoms with Crippen LogP contribution < -0.4 is 11.2 Å². The summed E-state index contributed by atoms with van der Waals surface area (Å²) in [6, 6.07) is 5.18. The number of nitro benzene ring substituents is 1. The highest BCUT2D eigenvalue weighted by atomic mass is 16.6. The number of primary amides is 1. The van der Waals surface area contributed by atoms with E-state index < -0.39 is 11.0 Å². The summed E-state index contributed by atoms with van der Waals surface area (Å²) in [5.74, 6) is 0. The number of nitro groups is 1. The molecule has 0 bridgehead atoms. The summed E-state index contributed by atoms with van der Waals surface area (Å²) < 4.78 is 0. The molecule has 1 aromatic carbocycles. The third-order valence-corrected chi connectivity index (χ3v) is 1.51. The van der Waals surface area contributed by atoms with Crippen molar-refractivity contribution in [3.63, 3.8) is 0 Å². The van der Waals surface area contributed by atoms with Gasteiger partial charge in [-0.15, -0.1) is 0 Å². The van der Waals surface area contributed by atoms with Crippen LogP contribution in [0.3, 0.4) is 0 Å². The number of hydrogen-bond acceptors (Lipinski definition) is 4. The summed E-state index contributed by atoms with van der Waals surface area (Å²) in [5.41, 5.74) is 6.90. The number of nitrogens with zero attached hydrogens (tertiary/aromatic N) is 2. The maximum Gasteiger partial charge on any atom is 0.332 e. The Kier molecular flexibility index (Phi) is 3.33. The van der Waals surface area contributed by atoms with Crippen LogP contribution in [-0.4, -0.2) is 17.2 Å². The third-order valence-electron chi connectivity index (χ3n) is 1.51. The number of hydrazone groups is 1. The van der Waals surface area contributed by atoms with Crippen molar-refractivity contribution >= 4 is 17.9 Å². The summed E-state index contributed by atoms with van der Waals surface area (Å²) in [6.45, 7) is 0. The Labute approximate surface area is 84.7 Å².